The summed E-state index contributed by atoms with van der Waals surface area (Å²) in [5, 5.41) is 0. The molecule has 0 aromatic carbocycles. The summed E-state index contributed by atoms with van der Waals surface area (Å²) < 4.78 is 2.98. The van der Waals surface area contributed by atoms with Gasteiger partial charge in [0.1, 0.15) is 0 Å². The summed E-state index contributed by atoms with van der Waals surface area (Å²) >= 11 is 2.08. The van der Waals surface area contributed by atoms with Crippen LogP contribution in [-0.4, -0.2) is 16.5 Å². The lowest BCUT2D eigenvalue weighted by Gasteiger charge is -1.96. The van der Waals surface area contributed by atoms with Gasteiger partial charge < -0.3 is 4.98 Å². The summed E-state index contributed by atoms with van der Waals surface area (Å²) in [4.78, 5) is 16.6. The standard InChI is InChI=1S/C6H8IN3O/c7-10-2-1-5-3-8-6(11)9-4-5/h3-4,10H,1-2H2,(H,8,9,11). The van der Waals surface area contributed by atoms with Crippen LogP contribution in [-0.2, 0) is 6.42 Å². The molecule has 1 rings (SSSR count). The molecule has 0 aliphatic carbocycles. The van der Waals surface area contributed by atoms with Crippen molar-refractivity contribution in [3.8, 4) is 0 Å². The van der Waals surface area contributed by atoms with Gasteiger partial charge in [0.05, 0.1) is 0 Å². The maximum absolute atomic E-state index is 10.5. The molecule has 1 heterocycles. The Labute approximate surface area is 77.9 Å². The van der Waals surface area contributed by atoms with Gasteiger partial charge in [0.2, 0.25) is 0 Å². The molecule has 0 aliphatic heterocycles. The summed E-state index contributed by atoms with van der Waals surface area (Å²) in [6, 6.07) is 0. The number of aromatic amines is 1. The van der Waals surface area contributed by atoms with Gasteiger partial charge in [-0.05, 0) is 12.0 Å². The number of hydrogen-bond acceptors (Lipinski definition) is 3. The molecule has 60 valence electrons. The summed E-state index contributed by atoms with van der Waals surface area (Å²) in [6.45, 7) is 0.883. The summed E-state index contributed by atoms with van der Waals surface area (Å²) in [5.41, 5.74) is 0.741. The number of nitrogens with one attached hydrogen (secondary N) is 2. The fourth-order valence-electron chi connectivity index (χ4n) is 0.699. The predicted octanol–water partition coefficient (Wildman–Crippen LogP) is 0.252. The Hall–Kier alpha value is -0.430. The summed E-state index contributed by atoms with van der Waals surface area (Å²) in [7, 11) is 0. The van der Waals surface area contributed by atoms with E-state index in [1.807, 2.05) is 0 Å². The summed E-state index contributed by atoms with van der Waals surface area (Å²) in [5.74, 6) is 0. The lowest BCUT2D eigenvalue weighted by Crippen LogP contribution is -2.11. The van der Waals surface area contributed by atoms with E-state index >= 15 is 0 Å². The number of hydrogen-bond donors (Lipinski definition) is 2. The molecule has 0 spiro atoms. The van der Waals surface area contributed by atoms with E-state index in [0.29, 0.717) is 0 Å². The Kier molecular flexibility index (Phi) is 3.50. The molecule has 0 saturated heterocycles. The van der Waals surface area contributed by atoms with Crippen LogP contribution in [0.2, 0.25) is 0 Å². The largest absolute Gasteiger partial charge is 0.344 e. The van der Waals surface area contributed by atoms with E-state index in [1.165, 1.54) is 0 Å². The monoisotopic (exact) mass is 265 g/mol. The van der Waals surface area contributed by atoms with E-state index in [4.69, 9.17) is 0 Å². The summed E-state index contributed by atoms with van der Waals surface area (Å²) in [6.07, 6.45) is 4.16. The Morgan fingerprint density at radius 2 is 2.55 bits per heavy atom. The fourth-order valence-corrected chi connectivity index (χ4v) is 0.968. The minimum Gasteiger partial charge on any atom is -0.312 e. The molecule has 1 aromatic heterocycles. The zero-order chi connectivity index (χ0) is 8.10. The molecule has 11 heavy (non-hydrogen) atoms. The fraction of sp³-hybridized carbons (Fsp3) is 0.333. The topological polar surface area (TPSA) is 57.8 Å². The van der Waals surface area contributed by atoms with Crippen LogP contribution in [0.4, 0.5) is 0 Å². The van der Waals surface area contributed by atoms with Crippen molar-refractivity contribution in [1.29, 1.82) is 0 Å². The van der Waals surface area contributed by atoms with Gasteiger partial charge in [-0.25, -0.2) is 9.78 Å². The molecule has 0 amide bonds. The Morgan fingerprint density at radius 1 is 1.73 bits per heavy atom. The molecule has 0 atom stereocenters. The third kappa shape index (κ3) is 2.98. The highest BCUT2D eigenvalue weighted by atomic mass is 127. The average molecular weight is 265 g/mol. The number of nitrogens with zero attached hydrogens (tertiary/aromatic N) is 1. The lowest BCUT2D eigenvalue weighted by molar-refractivity contribution is 0.902. The van der Waals surface area contributed by atoms with E-state index in [1.54, 1.807) is 12.4 Å². The first kappa shape index (κ1) is 8.66. The van der Waals surface area contributed by atoms with Crippen molar-refractivity contribution in [2.75, 3.05) is 6.54 Å². The van der Waals surface area contributed by atoms with Crippen LogP contribution < -0.4 is 9.22 Å². The van der Waals surface area contributed by atoms with Gasteiger partial charge in [0.25, 0.3) is 0 Å². The Morgan fingerprint density at radius 3 is 3.09 bits per heavy atom. The molecular weight excluding hydrogens is 257 g/mol. The molecule has 0 bridgehead atoms. The number of rotatable bonds is 3. The van der Waals surface area contributed by atoms with Crippen molar-refractivity contribution in [3.05, 3.63) is 28.4 Å². The first-order chi connectivity index (χ1) is 5.33. The number of H-pyrrole nitrogens is 1. The maximum atomic E-state index is 10.5. The molecule has 1 aromatic rings. The molecule has 2 N–H and O–H groups in total. The third-order valence-corrected chi connectivity index (χ3v) is 1.78. The van der Waals surface area contributed by atoms with E-state index in [-0.39, 0.29) is 5.69 Å². The third-order valence-electron chi connectivity index (χ3n) is 1.24. The average Bonchev–Trinajstić information content (AvgIpc) is 2.04. The SMILES string of the molecule is O=c1ncc(CCNI)c[nH]1. The Bertz CT molecular complexity index is 252. The van der Waals surface area contributed by atoms with Gasteiger partial charge in [-0.2, -0.15) is 0 Å². The maximum Gasteiger partial charge on any atom is 0.344 e. The second-order valence-electron chi connectivity index (χ2n) is 2.06. The molecule has 0 saturated carbocycles. The van der Waals surface area contributed by atoms with E-state index < -0.39 is 0 Å². The molecule has 0 unspecified atom stereocenters. The van der Waals surface area contributed by atoms with E-state index in [2.05, 4.69) is 36.4 Å². The van der Waals surface area contributed by atoms with E-state index in [0.717, 1.165) is 18.5 Å². The predicted molar refractivity (Wildman–Crippen MR) is 50.6 cm³/mol. The molecule has 4 nitrogen and oxygen atoms in total. The minimum atomic E-state index is -0.295. The van der Waals surface area contributed by atoms with Crippen molar-refractivity contribution in [1.82, 2.24) is 13.5 Å². The zero-order valence-corrected chi connectivity index (χ0v) is 7.96. The first-order valence-corrected chi connectivity index (χ1v) is 4.28. The van der Waals surface area contributed by atoms with Crippen molar-refractivity contribution in [2.45, 2.75) is 6.42 Å². The van der Waals surface area contributed by atoms with Crippen molar-refractivity contribution >= 4 is 22.9 Å². The van der Waals surface area contributed by atoms with Gasteiger partial charge >= 0.3 is 5.69 Å². The number of aromatic nitrogens is 2. The Balaban J connectivity index is 2.59. The van der Waals surface area contributed by atoms with Crippen LogP contribution in [0.3, 0.4) is 0 Å². The highest BCUT2D eigenvalue weighted by Gasteiger charge is 1.91. The van der Waals surface area contributed by atoms with Crippen LogP contribution in [0.15, 0.2) is 17.2 Å². The van der Waals surface area contributed by atoms with Crippen molar-refractivity contribution < 1.29 is 0 Å². The van der Waals surface area contributed by atoms with Gasteiger partial charge in [-0.1, -0.05) is 0 Å². The molecule has 0 fully saturated rings. The number of halogens is 1. The second-order valence-corrected chi connectivity index (χ2v) is 2.82. The molecular formula is C6H8IN3O. The molecule has 0 radical (unpaired) electrons. The normalized spacial score (nSPS) is 9.91. The van der Waals surface area contributed by atoms with Gasteiger partial charge in [-0.15, -0.1) is 0 Å². The van der Waals surface area contributed by atoms with Crippen molar-refractivity contribution in [3.63, 3.8) is 0 Å². The molecule has 0 aliphatic rings. The highest BCUT2D eigenvalue weighted by Crippen LogP contribution is 1.91. The van der Waals surface area contributed by atoms with Crippen LogP contribution >= 0.6 is 22.9 Å². The second kappa shape index (κ2) is 4.45. The molecule has 5 heteroatoms. The van der Waals surface area contributed by atoms with Crippen LogP contribution in [0.5, 0.6) is 0 Å². The quantitative estimate of drug-likeness (QED) is 0.608. The van der Waals surface area contributed by atoms with E-state index in [9.17, 15) is 4.79 Å². The van der Waals surface area contributed by atoms with Crippen LogP contribution in [0.1, 0.15) is 5.56 Å². The van der Waals surface area contributed by atoms with Gasteiger partial charge in [0.15, 0.2) is 0 Å². The van der Waals surface area contributed by atoms with Crippen molar-refractivity contribution in [2.24, 2.45) is 0 Å². The highest BCUT2D eigenvalue weighted by molar-refractivity contribution is 14.1. The smallest absolute Gasteiger partial charge is 0.312 e. The lowest BCUT2D eigenvalue weighted by atomic mass is 10.2. The zero-order valence-electron chi connectivity index (χ0n) is 5.80. The van der Waals surface area contributed by atoms with Gasteiger partial charge in [0, 0.05) is 41.8 Å². The van der Waals surface area contributed by atoms with Crippen LogP contribution in [0, 0.1) is 0 Å². The minimum absolute atomic E-state index is 0.295. The van der Waals surface area contributed by atoms with Gasteiger partial charge in [-0.3, -0.25) is 3.53 Å². The van der Waals surface area contributed by atoms with Crippen LogP contribution in [0.25, 0.3) is 0 Å². The first-order valence-electron chi connectivity index (χ1n) is 3.20.